The molecular formula is C18H35NO. The zero-order chi connectivity index (χ0) is 15.0. The van der Waals surface area contributed by atoms with Crippen LogP contribution in [0.15, 0.2) is 12.2 Å². The van der Waals surface area contributed by atoms with E-state index in [2.05, 4.69) is 32.9 Å². The van der Waals surface area contributed by atoms with Crippen LogP contribution in [-0.2, 0) is 4.74 Å². The monoisotopic (exact) mass is 281 g/mol. The molecule has 0 aromatic carbocycles. The van der Waals surface area contributed by atoms with Crippen molar-refractivity contribution in [3.8, 4) is 0 Å². The third kappa shape index (κ3) is 5.21. The molecule has 2 N–H and O–H groups in total. The lowest BCUT2D eigenvalue weighted by Gasteiger charge is -2.44. The molecule has 0 aromatic heterocycles. The maximum atomic E-state index is 6.41. The Kier molecular flexibility index (Phi) is 7.83. The molecule has 0 bridgehead atoms. The number of hydrogen-bond donors (Lipinski definition) is 1. The van der Waals surface area contributed by atoms with Gasteiger partial charge < -0.3 is 10.5 Å². The van der Waals surface area contributed by atoms with Crippen LogP contribution < -0.4 is 5.73 Å². The van der Waals surface area contributed by atoms with Crippen LogP contribution in [0.4, 0.5) is 0 Å². The summed E-state index contributed by atoms with van der Waals surface area (Å²) in [5.74, 6) is 0.489. The topological polar surface area (TPSA) is 35.2 Å². The second-order valence-electron chi connectivity index (χ2n) is 7.06. The Bertz CT molecular complexity index is 285. The van der Waals surface area contributed by atoms with E-state index in [1.165, 1.54) is 51.4 Å². The standard InChI is InChI=1S/C18H35NO/c1-5-6-7-8-9-10-11-12-15-13-14-18(2,3)17(20-4)16(15)19/h11-12,15-17H,5-10,13-14,19H2,1-4H3. The van der Waals surface area contributed by atoms with E-state index >= 15 is 0 Å². The van der Waals surface area contributed by atoms with Gasteiger partial charge in [0.1, 0.15) is 0 Å². The zero-order valence-corrected chi connectivity index (χ0v) is 14.0. The molecule has 0 saturated heterocycles. The molecule has 0 spiro atoms. The lowest BCUT2D eigenvalue weighted by molar-refractivity contribution is -0.0479. The van der Waals surface area contributed by atoms with Crippen molar-refractivity contribution < 1.29 is 4.74 Å². The highest BCUT2D eigenvalue weighted by molar-refractivity contribution is 5.03. The predicted molar refractivity (Wildman–Crippen MR) is 87.8 cm³/mol. The van der Waals surface area contributed by atoms with Crippen molar-refractivity contribution in [2.75, 3.05) is 7.11 Å². The van der Waals surface area contributed by atoms with E-state index < -0.39 is 0 Å². The number of methoxy groups -OCH3 is 1. The minimum atomic E-state index is 0.139. The fraction of sp³-hybridized carbons (Fsp3) is 0.889. The molecule has 3 atom stereocenters. The van der Waals surface area contributed by atoms with Crippen LogP contribution >= 0.6 is 0 Å². The average molecular weight is 281 g/mol. The van der Waals surface area contributed by atoms with E-state index in [0.29, 0.717) is 5.92 Å². The normalized spacial score (nSPS) is 29.9. The highest BCUT2D eigenvalue weighted by atomic mass is 16.5. The van der Waals surface area contributed by atoms with Crippen molar-refractivity contribution in [2.24, 2.45) is 17.1 Å². The maximum Gasteiger partial charge on any atom is 0.0778 e. The quantitative estimate of drug-likeness (QED) is 0.518. The maximum absolute atomic E-state index is 6.41. The minimum absolute atomic E-state index is 0.139. The first-order valence-corrected chi connectivity index (χ1v) is 8.48. The number of rotatable bonds is 8. The lowest BCUT2D eigenvalue weighted by atomic mass is 9.68. The summed E-state index contributed by atoms with van der Waals surface area (Å²) in [7, 11) is 1.80. The van der Waals surface area contributed by atoms with Crippen LogP contribution in [0, 0.1) is 11.3 Å². The molecule has 20 heavy (non-hydrogen) atoms. The third-order valence-electron chi connectivity index (χ3n) is 4.85. The lowest BCUT2D eigenvalue weighted by Crippen LogP contribution is -2.53. The molecular weight excluding hydrogens is 246 g/mol. The Morgan fingerprint density at radius 1 is 1.20 bits per heavy atom. The first kappa shape index (κ1) is 17.7. The number of ether oxygens (including phenoxy) is 1. The summed E-state index contributed by atoms with van der Waals surface area (Å²) in [6.07, 6.45) is 15.2. The number of unbranched alkanes of at least 4 members (excludes halogenated alkanes) is 5. The highest BCUT2D eigenvalue weighted by Crippen LogP contribution is 2.39. The van der Waals surface area contributed by atoms with Gasteiger partial charge in [-0.05, 0) is 37.0 Å². The molecule has 1 fully saturated rings. The Balaban J connectivity index is 2.33. The van der Waals surface area contributed by atoms with E-state index in [4.69, 9.17) is 10.5 Å². The molecule has 1 aliphatic rings. The van der Waals surface area contributed by atoms with Gasteiger partial charge in [-0.25, -0.2) is 0 Å². The molecule has 118 valence electrons. The molecule has 1 aliphatic carbocycles. The van der Waals surface area contributed by atoms with Gasteiger partial charge in [-0.2, -0.15) is 0 Å². The molecule has 0 amide bonds. The van der Waals surface area contributed by atoms with E-state index in [1.54, 1.807) is 7.11 Å². The minimum Gasteiger partial charge on any atom is -0.379 e. The number of nitrogens with two attached hydrogens (primary N) is 1. The fourth-order valence-corrected chi connectivity index (χ4v) is 3.46. The predicted octanol–water partition coefficient (Wildman–Crippen LogP) is 4.68. The van der Waals surface area contributed by atoms with Crippen LogP contribution in [0.3, 0.4) is 0 Å². The van der Waals surface area contributed by atoms with Crippen molar-refractivity contribution in [3.63, 3.8) is 0 Å². The molecule has 2 nitrogen and oxygen atoms in total. The molecule has 1 saturated carbocycles. The molecule has 1 rings (SSSR count). The molecule has 3 unspecified atom stereocenters. The molecule has 0 radical (unpaired) electrons. The van der Waals surface area contributed by atoms with Crippen molar-refractivity contribution in [2.45, 2.75) is 84.3 Å². The third-order valence-corrected chi connectivity index (χ3v) is 4.85. The van der Waals surface area contributed by atoms with Crippen molar-refractivity contribution in [1.82, 2.24) is 0 Å². The van der Waals surface area contributed by atoms with E-state index in [9.17, 15) is 0 Å². The summed E-state index contributed by atoms with van der Waals surface area (Å²) in [6, 6.07) is 0.139. The van der Waals surface area contributed by atoms with Crippen LogP contribution in [0.2, 0.25) is 0 Å². The second-order valence-corrected chi connectivity index (χ2v) is 7.06. The van der Waals surface area contributed by atoms with Crippen molar-refractivity contribution >= 4 is 0 Å². The molecule has 0 heterocycles. The summed E-state index contributed by atoms with van der Waals surface area (Å²) in [5, 5.41) is 0. The zero-order valence-electron chi connectivity index (χ0n) is 14.0. The van der Waals surface area contributed by atoms with E-state index in [-0.39, 0.29) is 17.6 Å². The molecule has 0 aromatic rings. The Morgan fingerprint density at radius 2 is 1.90 bits per heavy atom. The van der Waals surface area contributed by atoms with E-state index in [1.807, 2.05) is 0 Å². The first-order chi connectivity index (χ1) is 9.53. The fourth-order valence-electron chi connectivity index (χ4n) is 3.46. The Hall–Kier alpha value is -0.340. The average Bonchev–Trinajstić information content (AvgIpc) is 2.40. The van der Waals surface area contributed by atoms with Gasteiger partial charge in [-0.3, -0.25) is 0 Å². The van der Waals surface area contributed by atoms with E-state index in [0.717, 1.165) is 0 Å². The largest absolute Gasteiger partial charge is 0.379 e. The first-order valence-electron chi connectivity index (χ1n) is 8.48. The smallest absolute Gasteiger partial charge is 0.0778 e. The van der Waals surface area contributed by atoms with Gasteiger partial charge in [-0.15, -0.1) is 0 Å². The van der Waals surface area contributed by atoms with Crippen molar-refractivity contribution in [3.05, 3.63) is 12.2 Å². The summed E-state index contributed by atoms with van der Waals surface area (Å²) in [6.45, 7) is 6.81. The van der Waals surface area contributed by atoms with Gasteiger partial charge in [0.25, 0.3) is 0 Å². The number of allylic oxidation sites excluding steroid dienone is 1. The molecule has 0 aliphatic heterocycles. The SMILES string of the molecule is CCCCCCCC=CC1CCC(C)(C)C(OC)C1N. The summed E-state index contributed by atoms with van der Waals surface area (Å²) >= 11 is 0. The Morgan fingerprint density at radius 3 is 2.55 bits per heavy atom. The highest BCUT2D eigenvalue weighted by Gasteiger charge is 2.41. The van der Waals surface area contributed by atoms with Gasteiger partial charge in [0, 0.05) is 13.2 Å². The van der Waals surface area contributed by atoms with Gasteiger partial charge in [0.15, 0.2) is 0 Å². The number of hydrogen-bond acceptors (Lipinski definition) is 2. The van der Waals surface area contributed by atoms with Gasteiger partial charge >= 0.3 is 0 Å². The second kappa shape index (κ2) is 8.84. The van der Waals surface area contributed by atoms with Gasteiger partial charge in [-0.1, -0.05) is 58.6 Å². The molecule has 2 heteroatoms. The van der Waals surface area contributed by atoms with Gasteiger partial charge in [0.2, 0.25) is 0 Å². The van der Waals surface area contributed by atoms with Crippen LogP contribution in [0.5, 0.6) is 0 Å². The van der Waals surface area contributed by atoms with Crippen LogP contribution in [0.25, 0.3) is 0 Å². The van der Waals surface area contributed by atoms with Crippen LogP contribution in [0.1, 0.15) is 72.1 Å². The summed E-state index contributed by atoms with van der Waals surface area (Å²) in [4.78, 5) is 0. The van der Waals surface area contributed by atoms with Crippen molar-refractivity contribution in [1.29, 1.82) is 0 Å². The summed E-state index contributed by atoms with van der Waals surface area (Å²) in [5.41, 5.74) is 6.62. The van der Waals surface area contributed by atoms with Gasteiger partial charge in [0.05, 0.1) is 6.10 Å². The van der Waals surface area contributed by atoms with Crippen LogP contribution in [-0.4, -0.2) is 19.3 Å². The Labute approximate surface area is 126 Å². The summed E-state index contributed by atoms with van der Waals surface area (Å²) < 4.78 is 5.66.